The van der Waals surface area contributed by atoms with Crippen molar-refractivity contribution in [1.82, 2.24) is 4.90 Å². The molecule has 3 heteroatoms. The van der Waals surface area contributed by atoms with Gasteiger partial charge in [-0.05, 0) is 37.8 Å². The van der Waals surface area contributed by atoms with E-state index < -0.39 is 5.97 Å². The zero-order valence-corrected chi connectivity index (χ0v) is 11.6. The second-order valence-electron chi connectivity index (χ2n) is 5.38. The Bertz CT molecular complexity index is 404. The number of rotatable bonds is 6. The molecule has 0 bridgehead atoms. The van der Waals surface area contributed by atoms with Crippen LogP contribution in [0, 0.1) is 0 Å². The highest BCUT2D eigenvalue weighted by Crippen LogP contribution is 2.25. The first-order valence-corrected chi connectivity index (χ1v) is 7.22. The quantitative estimate of drug-likeness (QED) is 0.856. The van der Waals surface area contributed by atoms with Crippen LogP contribution in [0.2, 0.25) is 0 Å². The van der Waals surface area contributed by atoms with E-state index in [-0.39, 0.29) is 12.5 Å². The molecule has 1 aliphatic heterocycles. The van der Waals surface area contributed by atoms with Crippen molar-refractivity contribution < 1.29 is 9.90 Å². The molecule has 1 aromatic carbocycles. The van der Waals surface area contributed by atoms with Crippen LogP contribution in [0.15, 0.2) is 30.3 Å². The summed E-state index contributed by atoms with van der Waals surface area (Å²) < 4.78 is 0. The van der Waals surface area contributed by atoms with Crippen LogP contribution in [0.1, 0.15) is 38.2 Å². The zero-order valence-electron chi connectivity index (χ0n) is 11.6. The Morgan fingerprint density at radius 3 is 2.79 bits per heavy atom. The molecule has 104 valence electrons. The molecule has 3 nitrogen and oxygen atoms in total. The lowest BCUT2D eigenvalue weighted by Crippen LogP contribution is -2.41. The van der Waals surface area contributed by atoms with Crippen molar-refractivity contribution in [3.05, 3.63) is 35.9 Å². The van der Waals surface area contributed by atoms with Crippen molar-refractivity contribution in [1.29, 1.82) is 0 Å². The zero-order chi connectivity index (χ0) is 13.7. The summed E-state index contributed by atoms with van der Waals surface area (Å²) in [6, 6.07) is 11.2. The molecule has 0 spiro atoms. The molecule has 1 aromatic rings. The highest BCUT2D eigenvalue weighted by Gasteiger charge is 2.31. The van der Waals surface area contributed by atoms with Crippen LogP contribution in [0.4, 0.5) is 0 Å². The standard InChI is InChI=1S/C16H23NO2/c1-2-14(11-13-7-4-3-5-8-13)17-10-6-9-15(17)12-16(18)19/h3-5,7-8,14-15H,2,6,9-12H2,1H3,(H,18,19). The van der Waals surface area contributed by atoms with Gasteiger partial charge in [-0.2, -0.15) is 0 Å². The molecule has 1 aliphatic rings. The number of carboxylic acid groups (broad SMARTS) is 1. The van der Waals surface area contributed by atoms with E-state index in [4.69, 9.17) is 5.11 Å². The van der Waals surface area contributed by atoms with Gasteiger partial charge in [-0.15, -0.1) is 0 Å². The predicted octanol–water partition coefficient (Wildman–Crippen LogP) is 2.95. The fourth-order valence-corrected chi connectivity index (χ4v) is 3.14. The minimum Gasteiger partial charge on any atom is -0.481 e. The summed E-state index contributed by atoms with van der Waals surface area (Å²) in [7, 11) is 0. The van der Waals surface area contributed by atoms with Crippen molar-refractivity contribution in [3.63, 3.8) is 0 Å². The fourth-order valence-electron chi connectivity index (χ4n) is 3.14. The molecule has 1 heterocycles. The van der Waals surface area contributed by atoms with Gasteiger partial charge in [0.25, 0.3) is 0 Å². The molecule has 2 atom stereocenters. The largest absolute Gasteiger partial charge is 0.481 e. The highest BCUT2D eigenvalue weighted by molar-refractivity contribution is 5.67. The van der Waals surface area contributed by atoms with Gasteiger partial charge >= 0.3 is 5.97 Å². The van der Waals surface area contributed by atoms with E-state index in [1.54, 1.807) is 0 Å². The van der Waals surface area contributed by atoms with E-state index in [0.717, 1.165) is 32.2 Å². The lowest BCUT2D eigenvalue weighted by atomic mass is 10.0. The van der Waals surface area contributed by atoms with Crippen molar-refractivity contribution in [3.8, 4) is 0 Å². The Kier molecular flexibility index (Phi) is 4.97. The third kappa shape index (κ3) is 3.80. The predicted molar refractivity (Wildman–Crippen MR) is 76.2 cm³/mol. The third-order valence-electron chi connectivity index (χ3n) is 4.09. The molecule has 1 saturated heterocycles. The van der Waals surface area contributed by atoms with E-state index in [2.05, 4.69) is 36.1 Å². The van der Waals surface area contributed by atoms with Crippen LogP contribution in [0.5, 0.6) is 0 Å². The van der Waals surface area contributed by atoms with Gasteiger partial charge < -0.3 is 5.11 Å². The number of hydrogen-bond acceptors (Lipinski definition) is 2. The molecular weight excluding hydrogens is 238 g/mol. The molecule has 1 N–H and O–H groups in total. The topological polar surface area (TPSA) is 40.5 Å². The Hall–Kier alpha value is -1.35. The molecule has 0 radical (unpaired) electrons. The summed E-state index contributed by atoms with van der Waals surface area (Å²) in [5, 5.41) is 9.01. The van der Waals surface area contributed by atoms with Gasteiger partial charge in [0.05, 0.1) is 6.42 Å². The maximum Gasteiger partial charge on any atom is 0.304 e. The summed E-state index contributed by atoms with van der Waals surface area (Å²) in [6.07, 6.45) is 4.53. The van der Waals surface area contributed by atoms with Gasteiger partial charge in [-0.1, -0.05) is 37.3 Å². The van der Waals surface area contributed by atoms with Crippen LogP contribution in [0.3, 0.4) is 0 Å². The molecule has 19 heavy (non-hydrogen) atoms. The lowest BCUT2D eigenvalue weighted by Gasteiger charge is -2.32. The van der Waals surface area contributed by atoms with Crippen molar-refractivity contribution in [2.45, 2.75) is 51.1 Å². The average Bonchev–Trinajstić information content (AvgIpc) is 2.84. The maximum absolute atomic E-state index is 10.9. The molecule has 2 unspecified atom stereocenters. The minimum absolute atomic E-state index is 0.228. The summed E-state index contributed by atoms with van der Waals surface area (Å²) in [5.74, 6) is -0.675. The molecule has 1 fully saturated rings. The first-order valence-electron chi connectivity index (χ1n) is 7.22. The number of carboxylic acids is 1. The molecule has 0 saturated carbocycles. The molecule has 0 aliphatic carbocycles. The van der Waals surface area contributed by atoms with Crippen LogP contribution < -0.4 is 0 Å². The van der Waals surface area contributed by atoms with Gasteiger partial charge in [0, 0.05) is 12.1 Å². The van der Waals surface area contributed by atoms with Crippen LogP contribution in [-0.2, 0) is 11.2 Å². The van der Waals surface area contributed by atoms with Crippen molar-refractivity contribution >= 4 is 5.97 Å². The van der Waals surface area contributed by atoms with Crippen molar-refractivity contribution in [2.24, 2.45) is 0 Å². The third-order valence-corrected chi connectivity index (χ3v) is 4.09. The van der Waals surface area contributed by atoms with Crippen LogP contribution in [0.25, 0.3) is 0 Å². The summed E-state index contributed by atoms with van der Waals surface area (Å²) in [4.78, 5) is 13.4. The first kappa shape index (κ1) is 14.1. The number of carbonyl (C=O) groups is 1. The van der Waals surface area contributed by atoms with E-state index in [1.165, 1.54) is 5.56 Å². The van der Waals surface area contributed by atoms with Gasteiger partial charge in [-0.25, -0.2) is 0 Å². The second-order valence-corrected chi connectivity index (χ2v) is 5.38. The number of nitrogens with zero attached hydrogens (tertiary/aromatic N) is 1. The van der Waals surface area contributed by atoms with E-state index in [9.17, 15) is 4.79 Å². The average molecular weight is 261 g/mol. The number of likely N-dealkylation sites (tertiary alicyclic amines) is 1. The highest BCUT2D eigenvalue weighted by atomic mass is 16.4. The fraction of sp³-hybridized carbons (Fsp3) is 0.562. The Morgan fingerprint density at radius 1 is 1.42 bits per heavy atom. The van der Waals surface area contributed by atoms with Gasteiger partial charge in [-0.3, -0.25) is 9.69 Å². The Morgan fingerprint density at radius 2 is 2.16 bits per heavy atom. The summed E-state index contributed by atoms with van der Waals surface area (Å²) in [6.45, 7) is 3.24. The summed E-state index contributed by atoms with van der Waals surface area (Å²) >= 11 is 0. The Balaban J connectivity index is 2.02. The number of hydrogen-bond donors (Lipinski definition) is 1. The van der Waals surface area contributed by atoms with Crippen molar-refractivity contribution in [2.75, 3.05) is 6.54 Å². The number of aliphatic carboxylic acids is 1. The van der Waals surface area contributed by atoms with Gasteiger partial charge in [0.15, 0.2) is 0 Å². The normalized spacial score (nSPS) is 21.4. The first-order chi connectivity index (χ1) is 9.20. The molecular formula is C16H23NO2. The molecule has 2 rings (SSSR count). The Labute approximate surface area is 115 Å². The SMILES string of the molecule is CCC(Cc1ccccc1)N1CCCC1CC(=O)O. The van der Waals surface area contributed by atoms with E-state index >= 15 is 0 Å². The minimum atomic E-state index is -0.675. The van der Waals surface area contributed by atoms with Gasteiger partial charge in [0.1, 0.15) is 0 Å². The monoisotopic (exact) mass is 261 g/mol. The van der Waals surface area contributed by atoms with E-state index in [0.29, 0.717) is 6.04 Å². The summed E-state index contributed by atoms with van der Waals surface area (Å²) in [5.41, 5.74) is 1.34. The van der Waals surface area contributed by atoms with E-state index in [1.807, 2.05) is 6.07 Å². The lowest BCUT2D eigenvalue weighted by molar-refractivity contribution is -0.138. The van der Waals surface area contributed by atoms with Crippen LogP contribution in [-0.4, -0.2) is 34.6 Å². The maximum atomic E-state index is 10.9. The molecule has 0 amide bonds. The van der Waals surface area contributed by atoms with Crippen LogP contribution >= 0.6 is 0 Å². The second kappa shape index (κ2) is 6.71. The van der Waals surface area contributed by atoms with Gasteiger partial charge in [0.2, 0.25) is 0 Å². The smallest absolute Gasteiger partial charge is 0.304 e. The molecule has 0 aromatic heterocycles. The number of benzene rings is 1.